The fraction of sp³-hybridized carbons (Fsp3) is 0.560. The van der Waals surface area contributed by atoms with Crippen LogP contribution in [0.3, 0.4) is 0 Å². The lowest BCUT2D eigenvalue weighted by molar-refractivity contribution is -0.163. The van der Waals surface area contributed by atoms with E-state index in [2.05, 4.69) is 0 Å². The Morgan fingerprint density at radius 2 is 1.94 bits per heavy atom. The van der Waals surface area contributed by atoms with Crippen molar-refractivity contribution >= 4 is 17.8 Å². The van der Waals surface area contributed by atoms with Crippen LogP contribution in [0.5, 0.6) is 0 Å². The molecule has 2 aliphatic heterocycles. The van der Waals surface area contributed by atoms with E-state index < -0.39 is 11.3 Å². The summed E-state index contributed by atoms with van der Waals surface area (Å²) in [5.74, 6) is -0.953. The maximum atomic E-state index is 13.7. The third-order valence-electron chi connectivity index (χ3n) is 6.77. The Kier molecular flexibility index (Phi) is 6.94. The summed E-state index contributed by atoms with van der Waals surface area (Å²) < 4.78 is 10.9. The first kappa shape index (κ1) is 22.5. The second-order valence-electron chi connectivity index (χ2n) is 8.79. The van der Waals surface area contributed by atoms with E-state index in [0.29, 0.717) is 45.7 Å². The third kappa shape index (κ3) is 4.44. The predicted molar refractivity (Wildman–Crippen MR) is 118 cm³/mol. The number of rotatable bonds is 6. The van der Waals surface area contributed by atoms with Crippen molar-refractivity contribution in [3.05, 3.63) is 47.7 Å². The molecule has 2 saturated heterocycles. The van der Waals surface area contributed by atoms with Crippen LogP contribution in [0.2, 0.25) is 0 Å². The average molecular weight is 441 g/mol. The highest BCUT2D eigenvalue weighted by molar-refractivity contribution is 5.92. The topological polar surface area (TPSA) is 76.2 Å². The molecule has 0 aromatic heterocycles. The van der Waals surface area contributed by atoms with Gasteiger partial charge in [0.05, 0.1) is 26.4 Å². The van der Waals surface area contributed by atoms with Gasteiger partial charge in [0.15, 0.2) is 0 Å². The number of carbonyl (C=O) groups excluding carboxylic acids is 3. The summed E-state index contributed by atoms with van der Waals surface area (Å²) in [5.41, 5.74) is 0.878. The molecule has 1 aliphatic carbocycles. The Bertz CT molecular complexity index is 878. The number of hydrogen-bond donors (Lipinski definition) is 0. The van der Waals surface area contributed by atoms with Gasteiger partial charge >= 0.3 is 5.97 Å². The molecule has 2 fully saturated rings. The van der Waals surface area contributed by atoms with Gasteiger partial charge in [-0.25, -0.2) is 0 Å². The zero-order valence-electron chi connectivity index (χ0n) is 18.8. The number of hydrogen-bond acceptors (Lipinski definition) is 5. The molecule has 7 nitrogen and oxygen atoms in total. The maximum Gasteiger partial charge on any atom is 0.318 e. The summed E-state index contributed by atoms with van der Waals surface area (Å²) in [6, 6.07) is 9.78. The molecule has 1 aromatic rings. The summed E-state index contributed by atoms with van der Waals surface area (Å²) >= 11 is 0. The number of allylic oxidation sites excluding steroid dienone is 1. The minimum Gasteiger partial charge on any atom is -0.465 e. The number of amides is 2. The standard InChI is InChI=1S/C25H32N2O5/c1-2-32-24(30)25-11-7-6-10-21(25)27(18-19-8-4-3-5-9-19)23(29)20(17-25)16-22(28)26-12-14-31-15-13-26/h3-5,8-10,20H,2,6-7,11-18H2,1H3/t20-,25+/m1/s1. The van der Waals surface area contributed by atoms with Crippen molar-refractivity contribution in [2.45, 2.75) is 45.6 Å². The Morgan fingerprint density at radius 1 is 1.19 bits per heavy atom. The first-order valence-electron chi connectivity index (χ1n) is 11.6. The van der Waals surface area contributed by atoms with Gasteiger partial charge < -0.3 is 19.3 Å². The lowest BCUT2D eigenvalue weighted by atomic mass is 9.66. The molecule has 2 atom stereocenters. The van der Waals surface area contributed by atoms with Crippen LogP contribution in [0.1, 0.15) is 44.6 Å². The van der Waals surface area contributed by atoms with E-state index in [9.17, 15) is 14.4 Å². The van der Waals surface area contributed by atoms with E-state index >= 15 is 0 Å². The molecule has 0 saturated carbocycles. The lowest BCUT2D eigenvalue weighted by Crippen LogP contribution is -2.54. The van der Waals surface area contributed by atoms with Crippen molar-refractivity contribution in [3.8, 4) is 0 Å². The first-order chi connectivity index (χ1) is 15.5. The maximum absolute atomic E-state index is 13.7. The monoisotopic (exact) mass is 440 g/mol. The van der Waals surface area contributed by atoms with Gasteiger partial charge in [-0.3, -0.25) is 14.4 Å². The molecule has 1 aromatic carbocycles. The molecule has 2 amide bonds. The van der Waals surface area contributed by atoms with E-state index in [1.807, 2.05) is 36.4 Å². The average Bonchev–Trinajstić information content (AvgIpc) is 2.83. The summed E-state index contributed by atoms with van der Waals surface area (Å²) in [6.45, 7) is 4.60. The van der Waals surface area contributed by atoms with Crippen LogP contribution in [-0.2, 0) is 30.4 Å². The van der Waals surface area contributed by atoms with Crippen molar-refractivity contribution in [1.29, 1.82) is 0 Å². The Balaban J connectivity index is 1.65. The number of benzene rings is 1. The van der Waals surface area contributed by atoms with Gasteiger partial charge in [-0.05, 0) is 38.2 Å². The van der Waals surface area contributed by atoms with Crippen molar-refractivity contribution in [3.63, 3.8) is 0 Å². The molecule has 172 valence electrons. The molecule has 3 aliphatic rings. The summed E-state index contributed by atoms with van der Waals surface area (Å²) in [7, 11) is 0. The van der Waals surface area contributed by atoms with Crippen LogP contribution >= 0.6 is 0 Å². The van der Waals surface area contributed by atoms with E-state index in [1.54, 1.807) is 16.7 Å². The van der Waals surface area contributed by atoms with Crippen LogP contribution < -0.4 is 0 Å². The molecule has 0 N–H and O–H groups in total. The van der Waals surface area contributed by atoms with Crippen LogP contribution in [0.4, 0.5) is 0 Å². The Hall–Kier alpha value is -2.67. The fourth-order valence-electron chi connectivity index (χ4n) is 5.19. The minimum atomic E-state index is -0.868. The van der Waals surface area contributed by atoms with E-state index in [0.717, 1.165) is 24.1 Å². The van der Waals surface area contributed by atoms with Gasteiger partial charge in [-0.2, -0.15) is 0 Å². The summed E-state index contributed by atoms with van der Waals surface area (Å²) in [5, 5.41) is 0. The highest BCUT2D eigenvalue weighted by atomic mass is 16.5. The second kappa shape index (κ2) is 9.86. The first-order valence-corrected chi connectivity index (χ1v) is 11.6. The summed E-state index contributed by atoms with van der Waals surface area (Å²) in [4.78, 5) is 43.5. The molecular weight excluding hydrogens is 408 g/mol. The zero-order valence-corrected chi connectivity index (χ0v) is 18.8. The van der Waals surface area contributed by atoms with Gasteiger partial charge in [-0.15, -0.1) is 0 Å². The number of likely N-dealkylation sites (tertiary alicyclic amines) is 1. The second-order valence-corrected chi connectivity index (χ2v) is 8.79. The van der Waals surface area contributed by atoms with Gasteiger partial charge in [0.25, 0.3) is 0 Å². The highest BCUT2D eigenvalue weighted by Crippen LogP contribution is 2.50. The highest BCUT2D eigenvalue weighted by Gasteiger charge is 2.54. The molecule has 7 heteroatoms. The van der Waals surface area contributed by atoms with E-state index in [4.69, 9.17) is 9.47 Å². The van der Waals surface area contributed by atoms with Gasteiger partial charge in [0, 0.05) is 31.1 Å². The number of ether oxygens (including phenoxy) is 2. The lowest BCUT2D eigenvalue weighted by Gasteiger charge is -2.48. The van der Waals surface area contributed by atoms with Crippen molar-refractivity contribution in [2.75, 3.05) is 32.9 Å². The minimum absolute atomic E-state index is 0.0476. The van der Waals surface area contributed by atoms with Gasteiger partial charge in [0.2, 0.25) is 11.8 Å². The van der Waals surface area contributed by atoms with Crippen LogP contribution in [0.25, 0.3) is 0 Å². The molecule has 0 spiro atoms. The summed E-state index contributed by atoms with van der Waals surface area (Å²) in [6.07, 6.45) is 4.79. The molecule has 0 bridgehead atoms. The molecule has 0 radical (unpaired) electrons. The van der Waals surface area contributed by atoms with Crippen LogP contribution in [0.15, 0.2) is 42.1 Å². The van der Waals surface area contributed by atoms with Gasteiger partial charge in [-0.1, -0.05) is 36.4 Å². The molecule has 32 heavy (non-hydrogen) atoms. The quantitative estimate of drug-likeness (QED) is 0.636. The van der Waals surface area contributed by atoms with E-state index in [1.165, 1.54) is 0 Å². The van der Waals surface area contributed by atoms with E-state index in [-0.39, 0.29) is 30.8 Å². The number of morpholine rings is 1. The van der Waals surface area contributed by atoms with Crippen molar-refractivity contribution in [1.82, 2.24) is 9.80 Å². The van der Waals surface area contributed by atoms with Crippen molar-refractivity contribution in [2.24, 2.45) is 11.3 Å². The fourth-order valence-corrected chi connectivity index (χ4v) is 5.19. The predicted octanol–water partition coefficient (Wildman–Crippen LogP) is 2.90. The van der Waals surface area contributed by atoms with Crippen LogP contribution in [-0.4, -0.2) is 60.5 Å². The zero-order chi connectivity index (χ0) is 22.6. The largest absolute Gasteiger partial charge is 0.465 e. The molecule has 4 rings (SSSR count). The molecular formula is C25H32N2O5. The van der Waals surface area contributed by atoms with Crippen LogP contribution in [0, 0.1) is 11.3 Å². The number of esters is 1. The normalized spacial score (nSPS) is 25.7. The molecule has 2 heterocycles. The SMILES string of the molecule is CCOC(=O)[C@]12CCCC=C1N(Cc1ccccc1)C(=O)[C@H](CC(=O)N1CCOCC1)C2. The van der Waals surface area contributed by atoms with Gasteiger partial charge in [0.1, 0.15) is 5.41 Å². The number of fused-ring (bicyclic) bond motifs is 1. The van der Waals surface area contributed by atoms with Crippen molar-refractivity contribution < 1.29 is 23.9 Å². The Morgan fingerprint density at radius 3 is 2.66 bits per heavy atom. The molecule has 0 unspecified atom stereocenters. The smallest absolute Gasteiger partial charge is 0.318 e. The number of carbonyl (C=O) groups is 3. The number of nitrogens with zero attached hydrogens (tertiary/aromatic N) is 2. The number of piperidine rings is 1. The Labute approximate surface area is 189 Å². The third-order valence-corrected chi connectivity index (χ3v) is 6.77.